The van der Waals surface area contributed by atoms with Crippen molar-refractivity contribution in [1.29, 1.82) is 0 Å². The highest BCUT2D eigenvalue weighted by Crippen LogP contribution is 2.44. The summed E-state index contributed by atoms with van der Waals surface area (Å²) in [5.41, 5.74) is 8.60. The van der Waals surface area contributed by atoms with E-state index in [4.69, 9.17) is 0 Å². The topological polar surface area (TPSA) is 37.3 Å². The molecular weight excluding hydrogens is 370 g/mol. The number of hydrogen-bond acceptors (Lipinski definition) is 2. The highest BCUT2D eigenvalue weighted by atomic mass is 16.2. The van der Waals surface area contributed by atoms with Crippen molar-refractivity contribution in [3.8, 4) is 5.69 Å². The van der Waals surface area contributed by atoms with E-state index in [2.05, 4.69) is 85.4 Å². The van der Waals surface area contributed by atoms with Gasteiger partial charge in [-0.3, -0.25) is 4.79 Å². The standard InChI is InChI=1S/C26H29N3O/c1-18-6-9-21(10-7-18)17-24(30)28-15-12-26(13-16-28)23-5-4-14-29(23)25-20(3)19(2)8-11-22(25)27-26/h4-11,14,27H,12-13,15-17H2,1-3H3. The summed E-state index contributed by atoms with van der Waals surface area (Å²) < 4.78 is 2.36. The maximum absolute atomic E-state index is 12.9. The number of likely N-dealkylation sites (tertiary alicyclic amines) is 1. The second-order valence-electron chi connectivity index (χ2n) is 8.92. The van der Waals surface area contributed by atoms with Gasteiger partial charge in [-0.25, -0.2) is 0 Å². The van der Waals surface area contributed by atoms with Crippen LogP contribution in [0.15, 0.2) is 54.7 Å². The third kappa shape index (κ3) is 3.02. The number of fused-ring (bicyclic) bond motifs is 4. The largest absolute Gasteiger partial charge is 0.372 e. The summed E-state index contributed by atoms with van der Waals surface area (Å²) in [5.74, 6) is 0.228. The minimum Gasteiger partial charge on any atom is -0.372 e. The van der Waals surface area contributed by atoms with E-state index in [-0.39, 0.29) is 11.4 Å². The van der Waals surface area contributed by atoms with Gasteiger partial charge in [-0.15, -0.1) is 0 Å². The van der Waals surface area contributed by atoms with Gasteiger partial charge in [0.25, 0.3) is 0 Å². The molecule has 1 amide bonds. The maximum Gasteiger partial charge on any atom is 0.226 e. The van der Waals surface area contributed by atoms with Gasteiger partial charge in [-0.05, 0) is 68.5 Å². The van der Waals surface area contributed by atoms with E-state index in [0.29, 0.717) is 6.42 Å². The first kappa shape index (κ1) is 19.0. The summed E-state index contributed by atoms with van der Waals surface area (Å²) in [6.45, 7) is 8.00. The molecule has 4 nitrogen and oxygen atoms in total. The second kappa shape index (κ2) is 7.05. The van der Waals surface area contributed by atoms with Gasteiger partial charge < -0.3 is 14.8 Å². The first-order valence-electron chi connectivity index (χ1n) is 10.9. The van der Waals surface area contributed by atoms with E-state index in [1.54, 1.807) is 0 Å². The number of carbonyl (C=O) groups excluding carboxylic acids is 1. The molecule has 1 spiro atoms. The third-order valence-electron chi connectivity index (χ3n) is 7.00. The van der Waals surface area contributed by atoms with Crippen LogP contribution >= 0.6 is 0 Å². The molecule has 2 aliphatic heterocycles. The van der Waals surface area contributed by atoms with Crippen LogP contribution in [0.4, 0.5) is 5.69 Å². The van der Waals surface area contributed by atoms with E-state index in [1.165, 1.54) is 33.8 Å². The van der Waals surface area contributed by atoms with Crippen molar-refractivity contribution in [2.45, 2.75) is 45.6 Å². The average Bonchev–Trinajstić information content (AvgIpc) is 3.24. The molecule has 0 radical (unpaired) electrons. The molecule has 2 aromatic carbocycles. The smallest absolute Gasteiger partial charge is 0.226 e. The molecule has 3 aromatic rings. The number of anilines is 1. The lowest BCUT2D eigenvalue weighted by molar-refractivity contribution is -0.132. The van der Waals surface area contributed by atoms with Gasteiger partial charge >= 0.3 is 0 Å². The molecule has 4 heteroatoms. The fourth-order valence-corrected chi connectivity index (χ4v) is 5.01. The summed E-state index contributed by atoms with van der Waals surface area (Å²) >= 11 is 0. The molecule has 0 unspecified atom stereocenters. The van der Waals surface area contributed by atoms with Gasteiger partial charge in [0.05, 0.1) is 23.3 Å². The van der Waals surface area contributed by atoms with Gasteiger partial charge in [0.2, 0.25) is 5.91 Å². The molecule has 154 valence electrons. The molecule has 1 saturated heterocycles. The van der Waals surface area contributed by atoms with Crippen LogP contribution in [0.3, 0.4) is 0 Å². The molecule has 0 atom stereocenters. The second-order valence-corrected chi connectivity index (χ2v) is 8.92. The van der Waals surface area contributed by atoms with Crippen molar-refractivity contribution in [3.63, 3.8) is 0 Å². The lowest BCUT2D eigenvalue weighted by atomic mass is 9.81. The number of benzene rings is 2. The molecule has 1 aromatic heterocycles. The van der Waals surface area contributed by atoms with E-state index < -0.39 is 0 Å². The Hall–Kier alpha value is -3.01. The van der Waals surface area contributed by atoms with E-state index in [1.807, 2.05) is 4.90 Å². The number of nitrogens with one attached hydrogen (secondary N) is 1. The van der Waals surface area contributed by atoms with Gasteiger partial charge in [0.1, 0.15) is 0 Å². The Balaban J connectivity index is 1.36. The number of carbonyl (C=O) groups is 1. The van der Waals surface area contributed by atoms with Crippen molar-refractivity contribution in [2.75, 3.05) is 18.4 Å². The Morgan fingerprint density at radius 2 is 1.73 bits per heavy atom. The zero-order valence-electron chi connectivity index (χ0n) is 18.0. The number of aromatic nitrogens is 1. The number of hydrogen-bond donors (Lipinski definition) is 1. The molecule has 1 N–H and O–H groups in total. The van der Waals surface area contributed by atoms with Crippen molar-refractivity contribution in [3.05, 3.63) is 82.7 Å². The van der Waals surface area contributed by atoms with Gasteiger partial charge in [0.15, 0.2) is 0 Å². The van der Waals surface area contributed by atoms with E-state index in [0.717, 1.165) is 31.5 Å². The van der Waals surface area contributed by atoms with Crippen molar-refractivity contribution >= 4 is 11.6 Å². The Labute approximate surface area is 178 Å². The number of rotatable bonds is 2. The maximum atomic E-state index is 12.9. The Kier molecular flexibility index (Phi) is 4.46. The van der Waals surface area contributed by atoms with Crippen LogP contribution in [-0.2, 0) is 16.8 Å². The molecular formula is C26H29N3O. The zero-order chi connectivity index (χ0) is 20.9. The quantitative estimate of drug-likeness (QED) is 0.666. The highest BCUT2D eigenvalue weighted by molar-refractivity contribution is 5.79. The first-order valence-corrected chi connectivity index (χ1v) is 10.9. The number of piperidine rings is 1. The Morgan fingerprint density at radius 1 is 1.00 bits per heavy atom. The predicted octanol–water partition coefficient (Wildman–Crippen LogP) is 4.89. The normalized spacial score (nSPS) is 16.7. The highest BCUT2D eigenvalue weighted by Gasteiger charge is 2.42. The summed E-state index contributed by atoms with van der Waals surface area (Å²) in [5, 5.41) is 3.88. The molecule has 1 fully saturated rings. The van der Waals surface area contributed by atoms with Crippen LogP contribution in [0, 0.1) is 20.8 Å². The van der Waals surface area contributed by atoms with Crippen LogP contribution in [0.25, 0.3) is 5.69 Å². The molecule has 0 aliphatic carbocycles. The minimum atomic E-state index is -0.112. The van der Waals surface area contributed by atoms with Gasteiger partial charge in [-0.1, -0.05) is 35.9 Å². The minimum absolute atomic E-state index is 0.112. The van der Waals surface area contributed by atoms with Crippen LogP contribution in [-0.4, -0.2) is 28.5 Å². The number of nitrogens with zero attached hydrogens (tertiary/aromatic N) is 2. The lowest BCUT2D eigenvalue weighted by Gasteiger charge is -2.46. The Bertz CT molecular complexity index is 1100. The van der Waals surface area contributed by atoms with Gasteiger partial charge in [-0.2, -0.15) is 0 Å². The molecule has 0 bridgehead atoms. The summed E-state index contributed by atoms with van der Waals surface area (Å²) in [6, 6.07) is 17.1. The SMILES string of the molecule is Cc1ccc(CC(=O)N2CCC3(CC2)Nc2ccc(C)c(C)c2-n2cccc23)cc1. The Morgan fingerprint density at radius 3 is 2.47 bits per heavy atom. The molecule has 3 heterocycles. The fourth-order valence-electron chi connectivity index (χ4n) is 5.01. The van der Waals surface area contributed by atoms with E-state index in [9.17, 15) is 4.79 Å². The third-order valence-corrected chi connectivity index (χ3v) is 7.00. The summed E-state index contributed by atoms with van der Waals surface area (Å²) in [6.07, 6.45) is 4.50. The summed E-state index contributed by atoms with van der Waals surface area (Å²) in [4.78, 5) is 14.9. The van der Waals surface area contributed by atoms with Crippen molar-refractivity contribution in [2.24, 2.45) is 0 Å². The van der Waals surface area contributed by atoms with Crippen molar-refractivity contribution < 1.29 is 4.79 Å². The molecule has 5 rings (SSSR count). The zero-order valence-corrected chi connectivity index (χ0v) is 18.0. The lowest BCUT2D eigenvalue weighted by Crippen LogP contribution is -2.51. The molecule has 0 saturated carbocycles. The van der Waals surface area contributed by atoms with Crippen LogP contribution in [0.1, 0.15) is 40.8 Å². The molecule has 2 aliphatic rings. The summed E-state index contributed by atoms with van der Waals surface area (Å²) in [7, 11) is 0. The van der Waals surface area contributed by atoms with Crippen LogP contribution in [0.5, 0.6) is 0 Å². The predicted molar refractivity (Wildman–Crippen MR) is 121 cm³/mol. The first-order chi connectivity index (χ1) is 14.5. The average molecular weight is 400 g/mol. The van der Waals surface area contributed by atoms with Crippen LogP contribution in [0.2, 0.25) is 0 Å². The van der Waals surface area contributed by atoms with Crippen molar-refractivity contribution in [1.82, 2.24) is 9.47 Å². The number of aryl methyl sites for hydroxylation is 2. The number of amides is 1. The van der Waals surface area contributed by atoms with Gasteiger partial charge in [0, 0.05) is 25.0 Å². The fraction of sp³-hybridized carbons (Fsp3) is 0.346. The van der Waals surface area contributed by atoms with Crippen LogP contribution < -0.4 is 5.32 Å². The molecule has 30 heavy (non-hydrogen) atoms. The van der Waals surface area contributed by atoms with E-state index >= 15 is 0 Å². The monoisotopic (exact) mass is 399 g/mol.